The van der Waals surface area contributed by atoms with Crippen molar-refractivity contribution in [3.8, 4) is 11.5 Å². The van der Waals surface area contributed by atoms with Gasteiger partial charge in [0.2, 0.25) is 0 Å². The Labute approximate surface area is 162 Å². The highest BCUT2D eigenvalue weighted by atomic mass is 16.5. The van der Waals surface area contributed by atoms with Gasteiger partial charge in [0.25, 0.3) is 5.91 Å². The van der Waals surface area contributed by atoms with Crippen LogP contribution in [0.5, 0.6) is 11.5 Å². The topological polar surface area (TPSA) is 60.5 Å². The van der Waals surface area contributed by atoms with Crippen LogP contribution in [-0.4, -0.2) is 31.2 Å². The quantitative estimate of drug-likeness (QED) is 0.504. The van der Waals surface area contributed by atoms with Gasteiger partial charge in [-0.3, -0.25) is 9.78 Å². The van der Waals surface area contributed by atoms with E-state index in [0.29, 0.717) is 24.5 Å². The molecule has 0 atom stereocenters. The first-order valence-electron chi connectivity index (χ1n) is 9.08. The summed E-state index contributed by atoms with van der Waals surface area (Å²) in [7, 11) is 1.61. The van der Waals surface area contributed by atoms with Gasteiger partial charge in [-0.25, -0.2) is 0 Å². The average molecular weight is 372 g/mol. The van der Waals surface area contributed by atoms with Gasteiger partial charge in [0.15, 0.2) is 0 Å². The van der Waals surface area contributed by atoms with E-state index in [2.05, 4.69) is 10.3 Å². The summed E-state index contributed by atoms with van der Waals surface area (Å²) < 4.78 is 11.1. The highest BCUT2D eigenvalue weighted by Gasteiger charge is 2.11. The Balaban J connectivity index is 1.64. The molecule has 1 aromatic heterocycles. The predicted molar refractivity (Wildman–Crippen MR) is 110 cm³/mol. The molecular formula is C23H20N2O3. The number of methoxy groups -OCH3 is 1. The van der Waals surface area contributed by atoms with E-state index in [-0.39, 0.29) is 5.91 Å². The van der Waals surface area contributed by atoms with Gasteiger partial charge in [0.05, 0.1) is 12.1 Å². The molecule has 28 heavy (non-hydrogen) atoms. The van der Waals surface area contributed by atoms with Crippen molar-refractivity contribution in [2.24, 2.45) is 0 Å². The molecule has 4 rings (SSSR count). The molecule has 140 valence electrons. The number of amides is 1. The number of nitrogens with zero attached hydrogens (tertiary/aromatic N) is 1. The first-order chi connectivity index (χ1) is 13.8. The van der Waals surface area contributed by atoms with Crippen LogP contribution in [0.2, 0.25) is 0 Å². The Bertz CT molecular complexity index is 1140. The van der Waals surface area contributed by atoms with E-state index in [1.807, 2.05) is 66.7 Å². The molecule has 5 nitrogen and oxygen atoms in total. The SMILES string of the molecule is COCCNC(=O)c1cccc2cc(Oc3ccnc4ccccc34)ccc12. The van der Waals surface area contributed by atoms with Gasteiger partial charge >= 0.3 is 0 Å². The summed E-state index contributed by atoms with van der Waals surface area (Å²) >= 11 is 0. The Morgan fingerprint density at radius 1 is 1.00 bits per heavy atom. The predicted octanol–water partition coefficient (Wildman–Crippen LogP) is 4.56. The number of pyridine rings is 1. The van der Waals surface area contributed by atoms with Crippen LogP contribution >= 0.6 is 0 Å². The van der Waals surface area contributed by atoms with Crippen molar-refractivity contribution in [1.82, 2.24) is 10.3 Å². The van der Waals surface area contributed by atoms with Crippen LogP contribution in [0.3, 0.4) is 0 Å². The Kier molecular flexibility index (Phi) is 5.17. The second-order valence-corrected chi connectivity index (χ2v) is 6.37. The number of ether oxygens (including phenoxy) is 2. The number of nitrogens with one attached hydrogen (secondary N) is 1. The van der Waals surface area contributed by atoms with Crippen LogP contribution in [0.15, 0.2) is 72.9 Å². The van der Waals surface area contributed by atoms with Crippen molar-refractivity contribution in [2.75, 3.05) is 20.3 Å². The number of hydrogen-bond donors (Lipinski definition) is 1. The fourth-order valence-corrected chi connectivity index (χ4v) is 3.17. The molecule has 1 heterocycles. The third-order valence-corrected chi connectivity index (χ3v) is 4.53. The maximum Gasteiger partial charge on any atom is 0.251 e. The summed E-state index contributed by atoms with van der Waals surface area (Å²) in [6, 6.07) is 21.1. The molecule has 0 aliphatic heterocycles. The molecule has 0 aliphatic carbocycles. The van der Waals surface area contributed by atoms with E-state index in [0.717, 1.165) is 27.4 Å². The minimum Gasteiger partial charge on any atom is -0.457 e. The fraction of sp³-hybridized carbons (Fsp3) is 0.130. The van der Waals surface area contributed by atoms with Gasteiger partial charge in [-0.2, -0.15) is 0 Å². The molecule has 0 saturated carbocycles. The van der Waals surface area contributed by atoms with Crippen LogP contribution in [0.1, 0.15) is 10.4 Å². The zero-order chi connectivity index (χ0) is 19.3. The summed E-state index contributed by atoms with van der Waals surface area (Å²) in [4.78, 5) is 16.8. The second-order valence-electron chi connectivity index (χ2n) is 6.37. The van der Waals surface area contributed by atoms with E-state index >= 15 is 0 Å². The maximum absolute atomic E-state index is 12.5. The van der Waals surface area contributed by atoms with E-state index in [1.54, 1.807) is 13.3 Å². The summed E-state index contributed by atoms with van der Waals surface area (Å²) in [6.07, 6.45) is 1.74. The van der Waals surface area contributed by atoms with E-state index in [1.165, 1.54) is 0 Å². The Hall–Kier alpha value is -3.44. The molecule has 5 heteroatoms. The van der Waals surface area contributed by atoms with Crippen LogP contribution in [0.4, 0.5) is 0 Å². The Morgan fingerprint density at radius 2 is 1.89 bits per heavy atom. The lowest BCUT2D eigenvalue weighted by Crippen LogP contribution is -2.27. The van der Waals surface area contributed by atoms with Gasteiger partial charge in [-0.05, 0) is 53.2 Å². The Morgan fingerprint density at radius 3 is 2.79 bits per heavy atom. The van der Waals surface area contributed by atoms with Gasteiger partial charge in [0.1, 0.15) is 11.5 Å². The highest BCUT2D eigenvalue weighted by molar-refractivity contribution is 6.07. The third-order valence-electron chi connectivity index (χ3n) is 4.53. The van der Waals surface area contributed by atoms with Crippen molar-refractivity contribution in [3.05, 3.63) is 78.5 Å². The molecule has 0 fully saturated rings. The van der Waals surface area contributed by atoms with Crippen LogP contribution < -0.4 is 10.1 Å². The molecule has 0 spiro atoms. The molecule has 0 aliphatic rings. The van der Waals surface area contributed by atoms with Crippen molar-refractivity contribution in [1.29, 1.82) is 0 Å². The van der Waals surface area contributed by atoms with Crippen LogP contribution in [0, 0.1) is 0 Å². The van der Waals surface area contributed by atoms with Crippen molar-refractivity contribution < 1.29 is 14.3 Å². The summed E-state index contributed by atoms with van der Waals surface area (Å²) in [5, 5.41) is 5.64. The molecule has 0 saturated heterocycles. The molecule has 0 radical (unpaired) electrons. The largest absolute Gasteiger partial charge is 0.457 e. The second kappa shape index (κ2) is 8.06. The van der Waals surface area contributed by atoms with Gasteiger partial charge in [-0.1, -0.05) is 24.3 Å². The lowest BCUT2D eigenvalue weighted by Gasteiger charge is -2.11. The molecule has 1 N–H and O–H groups in total. The lowest BCUT2D eigenvalue weighted by atomic mass is 10.0. The van der Waals surface area contributed by atoms with Gasteiger partial charge in [-0.15, -0.1) is 0 Å². The number of carbonyl (C=O) groups excluding carboxylic acids is 1. The molecule has 1 amide bonds. The van der Waals surface area contributed by atoms with E-state index < -0.39 is 0 Å². The van der Waals surface area contributed by atoms with Crippen molar-refractivity contribution in [3.63, 3.8) is 0 Å². The van der Waals surface area contributed by atoms with Crippen LogP contribution in [0.25, 0.3) is 21.7 Å². The molecule has 0 bridgehead atoms. The lowest BCUT2D eigenvalue weighted by molar-refractivity contribution is 0.0938. The summed E-state index contributed by atoms with van der Waals surface area (Å²) in [5.74, 6) is 1.34. The number of rotatable bonds is 6. The maximum atomic E-state index is 12.5. The highest BCUT2D eigenvalue weighted by Crippen LogP contribution is 2.31. The average Bonchev–Trinajstić information content (AvgIpc) is 2.73. The number of para-hydroxylation sites is 1. The first-order valence-corrected chi connectivity index (χ1v) is 9.08. The van der Waals surface area contributed by atoms with Gasteiger partial charge < -0.3 is 14.8 Å². The number of fused-ring (bicyclic) bond motifs is 2. The molecule has 3 aromatic carbocycles. The monoisotopic (exact) mass is 372 g/mol. The zero-order valence-corrected chi connectivity index (χ0v) is 15.5. The van der Waals surface area contributed by atoms with Crippen molar-refractivity contribution in [2.45, 2.75) is 0 Å². The number of carbonyl (C=O) groups is 1. The van der Waals surface area contributed by atoms with E-state index in [4.69, 9.17) is 9.47 Å². The van der Waals surface area contributed by atoms with Gasteiger partial charge in [0, 0.05) is 30.8 Å². The number of hydrogen-bond acceptors (Lipinski definition) is 4. The summed E-state index contributed by atoms with van der Waals surface area (Å²) in [6.45, 7) is 0.955. The molecule has 4 aromatic rings. The standard InChI is InChI=1S/C23H20N2O3/c1-27-14-13-25-23(26)19-7-4-5-16-15-17(9-10-18(16)19)28-22-11-12-24-21-8-3-2-6-20(21)22/h2-12,15H,13-14H2,1H3,(H,25,26). The third kappa shape index (κ3) is 3.66. The zero-order valence-electron chi connectivity index (χ0n) is 15.5. The summed E-state index contributed by atoms with van der Waals surface area (Å²) in [5.41, 5.74) is 1.52. The minimum absolute atomic E-state index is 0.114. The molecule has 0 unspecified atom stereocenters. The van der Waals surface area contributed by atoms with Crippen molar-refractivity contribution >= 4 is 27.6 Å². The van der Waals surface area contributed by atoms with E-state index in [9.17, 15) is 4.79 Å². The first kappa shape index (κ1) is 17.9. The number of aromatic nitrogens is 1. The fourth-order valence-electron chi connectivity index (χ4n) is 3.17. The minimum atomic E-state index is -0.114. The number of benzene rings is 3. The van der Waals surface area contributed by atoms with Crippen LogP contribution in [-0.2, 0) is 4.74 Å². The normalized spacial score (nSPS) is 10.9. The molecular weight excluding hydrogens is 352 g/mol. The smallest absolute Gasteiger partial charge is 0.251 e.